The summed E-state index contributed by atoms with van der Waals surface area (Å²) in [5.41, 5.74) is 5.23. The van der Waals surface area contributed by atoms with Crippen molar-refractivity contribution in [2.24, 2.45) is 5.92 Å². The third-order valence-electron chi connectivity index (χ3n) is 5.04. The van der Waals surface area contributed by atoms with Crippen LogP contribution < -0.4 is 15.1 Å². The predicted molar refractivity (Wildman–Crippen MR) is 126 cm³/mol. The van der Waals surface area contributed by atoms with Crippen molar-refractivity contribution in [3.05, 3.63) is 54.1 Å². The molecule has 0 aliphatic heterocycles. The van der Waals surface area contributed by atoms with Crippen molar-refractivity contribution in [1.29, 1.82) is 0 Å². The minimum Gasteiger partial charge on any atom is -0.383 e. The van der Waals surface area contributed by atoms with Gasteiger partial charge in [0.1, 0.15) is 0 Å². The zero-order valence-electron chi connectivity index (χ0n) is 18.7. The average Bonchev–Trinajstić information content (AvgIpc) is 2.66. The molecule has 0 aliphatic rings. The fourth-order valence-electron chi connectivity index (χ4n) is 3.60. The van der Waals surface area contributed by atoms with E-state index >= 15 is 0 Å². The molecular weight excluding hydrogens is 342 g/mol. The molecule has 3 nitrogen and oxygen atoms in total. The molecule has 0 amide bonds. The fraction of sp³-hybridized carbons (Fsp3) is 0.520. The molecule has 0 aliphatic carbocycles. The van der Waals surface area contributed by atoms with E-state index in [-0.39, 0.29) is 0 Å². The minimum absolute atomic E-state index is 0.457. The van der Waals surface area contributed by atoms with E-state index in [4.69, 9.17) is 0 Å². The molecule has 0 heterocycles. The van der Waals surface area contributed by atoms with E-state index in [1.807, 2.05) is 0 Å². The molecule has 0 unspecified atom stereocenters. The first-order valence-electron chi connectivity index (χ1n) is 10.9. The van der Waals surface area contributed by atoms with E-state index in [1.54, 1.807) is 0 Å². The van der Waals surface area contributed by atoms with Crippen LogP contribution in [0.1, 0.15) is 47.1 Å². The number of nitrogens with one attached hydrogen (secondary N) is 1. The van der Waals surface area contributed by atoms with Gasteiger partial charge in [-0.3, -0.25) is 0 Å². The van der Waals surface area contributed by atoms with Gasteiger partial charge in [0.2, 0.25) is 0 Å². The van der Waals surface area contributed by atoms with Crippen molar-refractivity contribution in [3.63, 3.8) is 0 Å². The molecule has 1 N–H and O–H groups in total. The van der Waals surface area contributed by atoms with E-state index in [2.05, 4.69) is 105 Å². The number of hydrogen-bond donors (Lipinski definition) is 1. The van der Waals surface area contributed by atoms with Gasteiger partial charge in [0.15, 0.2) is 0 Å². The second-order valence-electron chi connectivity index (χ2n) is 8.27. The molecule has 0 radical (unpaired) electrons. The fourth-order valence-corrected chi connectivity index (χ4v) is 3.60. The summed E-state index contributed by atoms with van der Waals surface area (Å²) in [6.45, 7) is 17.5. The van der Waals surface area contributed by atoms with Gasteiger partial charge >= 0.3 is 0 Å². The number of nitrogens with zero attached hydrogens (tertiary/aromatic N) is 2. The Morgan fingerprint density at radius 1 is 0.714 bits per heavy atom. The quantitative estimate of drug-likeness (QED) is 0.510. The summed E-state index contributed by atoms with van der Waals surface area (Å²) in [5, 5.41) is 3.46. The maximum atomic E-state index is 3.46. The number of likely N-dealkylation sites (N-methyl/N-ethyl adjacent to an activating group) is 2. The van der Waals surface area contributed by atoms with Gasteiger partial charge in [0.05, 0.1) is 0 Å². The molecule has 0 saturated carbocycles. The van der Waals surface area contributed by atoms with Crippen LogP contribution in [0.15, 0.2) is 48.5 Å². The van der Waals surface area contributed by atoms with Crippen LogP contribution in [0.4, 0.5) is 17.1 Å². The SMILES string of the molecule is CCN(CCN(CC)c1ccc(NC(C)C)cc1)c1ccc(CC(C)C)cc1. The van der Waals surface area contributed by atoms with E-state index in [9.17, 15) is 0 Å². The van der Waals surface area contributed by atoms with Crippen LogP contribution in [0.25, 0.3) is 0 Å². The van der Waals surface area contributed by atoms with Crippen LogP contribution in [-0.4, -0.2) is 32.2 Å². The zero-order valence-corrected chi connectivity index (χ0v) is 18.7. The Balaban J connectivity index is 1.98. The number of rotatable bonds is 11. The van der Waals surface area contributed by atoms with Gasteiger partial charge in [-0.05, 0) is 82.0 Å². The molecule has 2 aromatic rings. The monoisotopic (exact) mass is 381 g/mol. The third-order valence-corrected chi connectivity index (χ3v) is 5.04. The first-order valence-corrected chi connectivity index (χ1v) is 10.9. The van der Waals surface area contributed by atoms with Crippen LogP contribution in [0.2, 0.25) is 0 Å². The van der Waals surface area contributed by atoms with E-state index < -0.39 is 0 Å². The van der Waals surface area contributed by atoms with Gasteiger partial charge in [-0.2, -0.15) is 0 Å². The van der Waals surface area contributed by atoms with Crippen molar-refractivity contribution in [2.45, 2.75) is 54.0 Å². The van der Waals surface area contributed by atoms with Gasteiger partial charge in [0, 0.05) is 49.3 Å². The number of benzene rings is 2. The lowest BCUT2D eigenvalue weighted by Crippen LogP contribution is -2.35. The zero-order chi connectivity index (χ0) is 20.5. The van der Waals surface area contributed by atoms with Crippen LogP contribution in [-0.2, 0) is 6.42 Å². The molecule has 0 atom stereocenters. The Hall–Kier alpha value is -2.16. The molecule has 0 bridgehead atoms. The topological polar surface area (TPSA) is 18.5 Å². The number of anilines is 3. The third kappa shape index (κ3) is 6.78. The van der Waals surface area contributed by atoms with E-state index in [0.29, 0.717) is 12.0 Å². The van der Waals surface area contributed by atoms with Gasteiger partial charge in [0.25, 0.3) is 0 Å². The lowest BCUT2D eigenvalue weighted by Gasteiger charge is -2.29. The second kappa shape index (κ2) is 11.0. The van der Waals surface area contributed by atoms with Crippen molar-refractivity contribution in [1.82, 2.24) is 0 Å². The van der Waals surface area contributed by atoms with Gasteiger partial charge in [-0.1, -0.05) is 26.0 Å². The van der Waals surface area contributed by atoms with Crippen molar-refractivity contribution in [3.8, 4) is 0 Å². The Morgan fingerprint density at radius 2 is 1.18 bits per heavy atom. The highest BCUT2D eigenvalue weighted by molar-refractivity contribution is 5.56. The highest BCUT2D eigenvalue weighted by Gasteiger charge is 2.09. The van der Waals surface area contributed by atoms with E-state index in [0.717, 1.165) is 32.6 Å². The molecule has 2 aromatic carbocycles. The van der Waals surface area contributed by atoms with Crippen LogP contribution in [0.5, 0.6) is 0 Å². The summed E-state index contributed by atoms with van der Waals surface area (Å²) in [6.07, 6.45) is 1.15. The molecule has 2 rings (SSSR count). The molecule has 28 heavy (non-hydrogen) atoms. The van der Waals surface area contributed by atoms with Crippen molar-refractivity contribution < 1.29 is 0 Å². The lowest BCUT2D eigenvalue weighted by molar-refractivity contribution is 0.647. The van der Waals surface area contributed by atoms with Gasteiger partial charge < -0.3 is 15.1 Å². The largest absolute Gasteiger partial charge is 0.383 e. The Bertz CT molecular complexity index is 612. The van der Waals surface area contributed by atoms with Gasteiger partial charge in [-0.15, -0.1) is 0 Å². The van der Waals surface area contributed by atoms with Crippen LogP contribution >= 0.6 is 0 Å². The Labute approximate surface area is 172 Å². The molecule has 0 aromatic heterocycles. The smallest absolute Gasteiger partial charge is 0.0368 e. The summed E-state index contributed by atoms with van der Waals surface area (Å²) in [4.78, 5) is 4.92. The molecule has 3 heteroatoms. The summed E-state index contributed by atoms with van der Waals surface area (Å²) in [7, 11) is 0. The van der Waals surface area contributed by atoms with Crippen molar-refractivity contribution in [2.75, 3.05) is 41.3 Å². The highest BCUT2D eigenvalue weighted by atomic mass is 15.2. The average molecular weight is 382 g/mol. The van der Waals surface area contributed by atoms with E-state index in [1.165, 1.54) is 22.6 Å². The standard InChI is InChI=1S/C25H39N3/c1-7-27(24-13-9-22(10-14-24)19-20(3)4)17-18-28(8-2)25-15-11-23(12-16-25)26-21(5)6/h9-16,20-21,26H,7-8,17-19H2,1-6H3. The molecular formula is C25H39N3. The maximum Gasteiger partial charge on any atom is 0.0368 e. The lowest BCUT2D eigenvalue weighted by atomic mass is 10.0. The van der Waals surface area contributed by atoms with Gasteiger partial charge in [-0.25, -0.2) is 0 Å². The number of hydrogen-bond acceptors (Lipinski definition) is 3. The predicted octanol–water partition coefficient (Wildman–Crippen LogP) is 6.06. The molecule has 0 fully saturated rings. The highest BCUT2D eigenvalue weighted by Crippen LogP contribution is 2.20. The molecule has 0 saturated heterocycles. The van der Waals surface area contributed by atoms with Crippen LogP contribution in [0.3, 0.4) is 0 Å². The second-order valence-corrected chi connectivity index (χ2v) is 8.27. The summed E-state index contributed by atoms with van der Waals surface area (Å²) in [6, 6.07) is 18.4. The normalized spacial score (nSPS) is 11.1. The summed E-state index contributed by atoms with van der Waals surface area (Å²) >= 11 is 0. The summed E-state index contributed by atoms with van der Waals surface area (Å²) in [5.74, 6) is 0.702. The Morgan fingerprint density at radius 3 is 1.57 bits per heavy atom. The molecule has 0 spiro atoms. The maximum absolute atomic E-state index is 3.46. The van der Waals surface area contributed by atoms with Crippen LogP contribution in [0, 0.1) is 5.92 Å². The first-order chi connectivity index (χ1) is 13.4. The minimum atomic E-state index is 0.457. The Kier molecular flexibility index (Phi) is 8.69. The first kappa shape index (κ1) is 22.1. The summed E-state index contributed by atoms with van der Waals surface area (Å²) < 4.78 is 0. The van der Waals surface area contributed by atoms with Crippen molar-refractivity contribution >= 4 is 17.1 Å². The molecule has 154 valence electrons.